The average molecular weight is 473 g/mol. The fraction of sp³-hybridized carbons (Fsp3) is 0.0800. The molecule has 0 saturated heterocycles. The molecule has 2 amide bonds. The maximum absolute atomic E-state index is 13.2. The Morgan fingerprint density at radius 2 is 1.71 bits per heavy atom. The fourth-order valence-electron chi connectivity index (χ4n) is 3.42. The quantitative estimate of drug-likeness (QED) is 0.371. The minimum atomic E-state index is -0.584. The van der Waals surface area contributed by atoms with Crippen molar-refractivity contribution in [3.8, 4) is 17.4 Å². The second kappa shape index (κ2) is 8.58. The zero-order chi connectivity index (χ0) is 22.0. The lowest BCUT2D eigenvalue weighted by atomic mass is 9.94. The number of nitrogens with zero attached hydrogens (tertiary/aromatic N) is 2. The smallest absolute Gasteiger partial charge is 0.271 e. The van der Waals surface area contributed by atoms with Gasteiger partial charge in [0.1, 0.15) is 23.2 Å². The average Bonchev–Trinajstić information content (AvgIpc) is 3.24. The molecule has 0 N–H and O–H groups in total. The summed E-state index contributed by atoms with van der Waals surface area (Å²) in [7, 11) is 0. The van der Waals surface area contributed by atoms with Crippen LogP contribution in [0.15, 0.2) is 92.3 Å². The van der Waals surface area contributed by atoms with Gasteiger partial charge in [0.05, 0.1) is 6.54 Å². The summed E-state index contributed by atoms with van der Waals surface area (Å²) in [6.07, 6.45) is 1.58. The number of nitriles is 1. The van der Waals surface area contributed by atoms with Crippen LogP contribution in [-0.4, -0.2) is 16.7 Å². The number of hydrogen-bond acceptors (Lipinski definition) is 4. The molecule has 4 rings (SSSR count). The van der Waals surface area contributed by atoms with E-state index in [1.54, 1.807) is 19.1 Å². The Hall–Kier alpha value is -3.69. The highest BCUT2D eigenvalue weighted by Crippen LogP contribution is 2.32. The largest absolute Gasteiger partial charge is 0.457 e. The van der Waals surface area contributed by atoms with Crippen molar-refractivity contribution in [3.05, 3.63) is 99.2 Å². The number of hydrogen-bond donors (Lipinski definition) is 0. The number of halogens is 1. The van der Waals surface area contributed by atoms with Gasteiger partial charge in [0.25, 0.3) is 11.8 Å². The van der Waals surface area contributed by atoms with Crippen LogP contribution in [0.5, 0.6) is 0 Å². The van der Waals surface area contributed by atoms with Crippen molar-refractivity contribution in [1.82, 2.24) is 4.90 Å². The third-order valence-corrected chi connectivity index (χ3v) is 5.75. The number of amides is 2. The van der Waals surface area contributed by atoms with E-state index < -0.39 is 11.8 Å². The number of carbonyl (C=O) groups is 2. The van der Waals surface area contributed by atoms with Gasteiger partial charge in [0, 0.05) is 15.6 Å². The number of rotatable bonds is 4. The van der Waals surface area contributed by atoms with Gasteiger partial charge in [0.2, 0.25) is 0 Å². The van der Waals surface area contributed by atoms with Gasteiger partial charge in [-0.15, -0.1) is 0 Å². The van der Waals surface area contributed by atoms with E-state index in [-0.39, 0.29) is 17.7 Å². The zero-order valence-electron chi connectivity index (χ0n) is 16.6. The van der Waals surface area contributed by atoms with Crippen LogP contribution in [-0.2, 0) is 16.1 Å². The molecule has 152 valence electrons. The van der Waals surface area contributed by atoms with Crippen molar-refractivity contribution in [2.24, 2.45) is 0 Å². The normalized spacial score (nSPS) is 15.5. The van der Waals surface area contributed by atoms with Gasteiger partial charge in [-0.2, -0.15) is 5.26 Å². The van der Waals surface area contributed by atoms with E-state index in [9.17, 15) is 14.9 Å². The summed E-state index contributed by atoms with van der Waals surface area (Å²) in [6.45, 7) is 1.70. The molecule has 0 unspecified atom stereocenters. The first-order valence-corrected chi connectivity index (χ1v) is 10.4. The molecule has 6 heteroatoms. The lowest BCUT2D eigenvalue weighted by Gasteiger charge is -2.27. The van der Waals surface area contributed by atoms with Crippen LogP contribution >= 0.6 is 15.9 Å². The first-order valence-electron chi connectivity index (χ1n) is 9.57. The van der Waals surface area contributed by atoms with Crippen LogP contribution in [0.2, 0.25) is 0 Å². The molecule has 1 aromatic heterocycles. The molecule has 0 fully saturated rings. The third kappa shape index (κ3) is 4.00. The van der Waals surface area contributed by atoms with E-state index in [0.717, 1.165) is 20.5 Å². The third-order valence-electron chi connectivity index (χ3n) is 5.06. The van der Waals surface area contributed by atoms with Gasteiger partial charge in [-0.25, -0.2) is 0 Å². The molecule has 2 heterocycles. The molecule has 1 aliphatic rings. The maximum Gasteiger partial charge on any atom is 0.271 e. The van der Waals surface area contributed by atoms with Crippen LogP contribution in [0, 0.1) is 11.3 Å². The first-order chi connectivity index (χ1) is 15.0. The molecule has 31 heavy (non-hydrogen) atoms. The van der Waals surface area contributed by atoms with Crippen LogP contribution < -0.4 is 0 Å². The molecule has 0 saturated carbocycles. The van der Waals surface area contributed by atoms with Crippen molar-refractivity contribution in [2.75, 3.05) is 0 Å². The van der Waals surface area contributed by atoms with E-state index in [1.807, 2.05) is 66.7 Å². The Morgan fingerprint density at radius 3 is 2.42 bits per heavy atom. The Morgan fingerprint density at radius 1 is 1.00 bits per heavy atom. The highest BCUT2D eigenvalue weighted by atomic mass is 79.9. The number of carbonyl (C=O) groups excluding carboxylic acids is 2. The molecule has 5 nitrogen and oxygen atoms in total. The zero-order valence-corrected chi connectivity index (χ0v) is 18.2. The molecule has 2 aromatic carbocycles. The minimum absolute atomic E-state index is 0.0423. The van der Waals surface area contributed by atoms with Crippen LogP contribution in [0.25, 0.3) is 17.4 Å². The van der Waals surface area contributed by atoms with Gasteiger partial charge in [-0.1, -0.05) is 64.5 Å². The lowest BCUT2D eigenvalue weighted by molar-refractivity contribution is -0.141. The summed E-state index contributed by atoms with van der Waals surface area (Å²) >= 11 is 3.51. The van der Waals surface area contributed by atoms with Crippen molar-refractivity contribution >= 4 is 33.8 Å². The SMILES string of the molecule is CC1=C(C#N)C(=O)N(Cc2ccccc2)C(=O)/C1=C/c1ccc(-c2ccccc2Br)o1. The Bertz CT molecular complexity index is 1280. The summed E-state index contributed by atoms with van der Waals surface area (Å²) in [6, 6.07) is 22.4. The Balaban J connectivity index is 1.73. The highest BCUT2D eigenvalue weighted by Gasteiger charge is 2.35. The van der Waals surface area contributed by atoms with Crippen LogP contribution in [0.3, 0.4) is 0 Å². The predicted molar refractivity (Wildman–Crippen MR) is 120 cm³/mol. The highest BCUT2D eigenvalue weighted by molar-refractivity contribution is 9.10. The van der Waals surface area contributed by atoms with Crippen molar-refractivity contribution in [3.63, 3.8) is 0 Å². The second-order valence-corrected chi connectivity index (χ2v) is 7.89. The lowest BCUT2D eigenvalue weighted by Crippen LogP contribution is -2.42. The molecule has 0 bridgehead atoms. The topological polar surface area (TPSA) is 74.3 Å². The van der Waals surface area contributed by atoms with Crippen LogP contribution in [0.1, 0.15) is 18.2 Å². The summed E-state index contributed by atoms with van der Waals surface area (Å²) in [5.74, 6) is 0.0604. The number of furan rings is 1. The summed E-state index contributed by atoms with van der Waals surface area (Å²) in [5, 5.41) is 9.55. The second-order valence-electron chi connectivity index (χ2n) is 7.03. The summed E-state index contributed by atoms with van der Waals surface area (Å²) in [5.41, 5.74) is 2.25. The number of benzene rings is 2. The van der Waals surface area contributed by atoms with Crippen molar-refractivity contribution in [2.45, 2.75) is 13.5 Å². The summed E-state index contributed by atoms with van der Waals surface area (Å²) < 4.78 is 6.82. The maximum atomic E-state index is 13.2. The standard InChI is InChI=1S/C25H17BrN2O3/c1-16-20(13-18-11-12-23(31-18)19-9-5-6-10-22(19)26)24(29)28(25(30)21(16)14-27)15-17-7-3-2-4-8-17/h2-13H,15H2,1H3/b20-13+. The Kier molecular flexibility index (Phi) is 5.70. The Labute approximate surface area is 188 Å². The van der Waals surface area contributed by atoms with Crippen molar-refractivity contribution < 1.29 is 14.0 Å². The minimum Gasteiger partial charge on any atom is -0.457 e. The first kappa shape index (κ1) is 20.6. The van der Waals surface area contributed by atoms with E-state index >= 15 is 0 Å². The molecular formula is C25H17BrN2O3. The molecule has 3 aromatic rings. The number of imide groups is 1. The van der Waals surface area contributed by atoms with Crippen molar-refractivity contribution in [1.29, 1.82) is 5.26 Å². The van der Waals surface area contributed by atoms with E-state index in [1.165, 1.54) is 0 Å². The molecule has 0 spiro atoms. The van der Waals surface area contributed by atoms with E-state index in [4.69, 9.17) is 4.42 Å². The molecule has 0 radical (unpaired) electrons. The van der Waals surface area contributed by atoms with Gasteiger partial charge in [-0.05, 0) is 42.3 Å². The monoisotopic (exact) mass is 472 g/mol. The van der Waals surface area contributed by atoms with Gasteiger partial charge >= 0.3 is 0 Å². The molecule has 0 atom stereocenters. The van der Waals surface area contributed by atoms with Gasteiger partial charge < -0.3 is 4.42 Å². The molecular weight excluding hydrogens is 456 g/mol. The van der Waals surface area contributed by atoms with E-state index in [2.05, 4.69) is 15.9 Å². The molecule has 1 aliphatic heterocycles. The predicted octanol–water partition coefficient (Wildman–Crippen LogP) is 5.50. The van der Waals surface area contributed by atoms with E-state index in [0.29, 0.717) is 17.1 Å². The molecule has 0 aliphatic carbocycles. The summed E-state index contributed by atoms with van der Waals surface area (Å²) in [4.78, 5) is 27.1. The van der Waals surface area contributed by atoms with Gasteiger partial charge in [-0.3, -0.25) is 14.5 Å². The van der Waals surface area contributed by atoms with Crippen LogP contribution in [0.4, 0.5) is 0 Å². The fourth-order valence-corrected chi connectivity index (χ4v) is 3.90. The van der Waals surface area contributed by atoms with Gasteiger partial charge in [0.15, 0.2) is 0 Å².